The maximum atomic E-state index is 5.58. The summed E-state index contributed by atoms with van der Waals surface area (Å²) in [6.45, 7) is 7.01. The zero-order chi connectivity index (χ0) is 11.2. The molecule has 1 unspecified atom stereocenters. The second-order valence-electron chi connectivity index (χ2n) is 2.46. The quantitative estimate of drug-likeness (QED) is 0.333. The third-order valence-corrected chi connectivity index (χ3v) is 6.05. The molecule has 0 aromatic rings. The molecule has 0 aromatic carbocycles. The van der Waals surface area contributed by atoms with Crippen molar-refractivity contribution in [1.29, 1.82) is 0 Å². The molecule has 0 heterocycles. The summed E-state index contributed by atoms with van der Waals surface area (Å²) in [5.41, 5.74) is 0. The lowest BCUT2D eigenvalue weighted by Gasteiger charge is -2.37. The number of hydrogen-bond donors (Lipinski definition) is 1. The van der Waals surface area contributed by atoms with E-state index in [4.69, 9.17) is 33.5 Å². The highest BCUT2D eigenvalue weighted by Crippen LogP contribution is 2.66. The first-order valence-electron chi connectivity index (χ1n) is 4.41. The van der Waals surface area contributed by atoms with Crippen molar-refractivity contribution in [2.75, 3.05) is 13.2 Å². The molecule has 0 aliphatic rings. The van der Waals surface area contributed by atoms with Crippen LogP contribution in [0.3, 0.4) is 0 Å². The van der Waals surface area contributed by atoms with Crippen molar-refractivity contribution in [2.24, 2.45) is 0 Å². The van der Waals surface area contributed by atoms with Crippen molar-refractivity contribution in [3.8, 4) is 0 Å². The molecular formula is C7H16O2PS4-. The third kappa shape index (κ3) is 6.26. The topological polar surface area (TPSA) is 18.5 Å². The van der Waals surface area contributed by atoms with Gasteiger partial charge in [-0.3, -0.25) is 0 Å². The number of thiol groups is 1. The molecule has 0 spiro atoms. The van der Waals surface area contributed by atoms with E-state index in [2.05, 4.69) is 12.2 Å². The fraction of sp³-hybridized carbons (Fsp3) is 1.00. The number of rotatable bonds is 7. The van der Waals surface area contributed by atoms with E-state index >= 15 is 0 Å². The van der Waals surface area contributed by atoms with Crippen LogP contribution in [-0.4, -0.2) is 18.3 Å². The van der Waals surface area contributed by atoms with Gasteiger partial charge >= 0.3 is 0 Å². The molecule has 0 fully saturated rings. The normalized spacial score (nSPS) is 16.6. The van der Waals surface area contributed by atoms with Gasteiger partial charge in [-0.15, -0.1) is 11.8 Å². The molecule has 0 radical (unpaired) electrons. The summed E-state index contributed by atoms with van der Waals surface area (Å²) in [6.07, 6.45) is 0.717. The van der Waals surface area contributed by atoms with Gasteiger partial charge < -0.3 is 21.7 Å². The van der Waals surface area contributed by atoms with Crippen LogP contribution in [0.15, 0.2) is 0 Å². The van der Waals surface area contributed by atoms with Gasteiger partial charge in [0.15, 0.2) is 0 Å². The Morgan fingerprint density at radius 2 is 1.79 bits per heavy atom. The number of hydrogen-bond acceptors (Lipinski definition) is 5. The van der Waals surface area contributed by atoms with Crippen LogP contribution in [0.25, 0.3) is 0 Å². The van der Waals surface area contributed by atoms with Gasteiger partial charge in [-0.25, -0.2) is 0 Å². The number of ether oxygens (including phenoxy) is 2. The zero-order valence-electron chi connectivity index (χ0n) is 8.56. The first-order valence-corrected chi connectivity index (χ1v) is 10.8. The van der Waals surface area contributed by atoms with Gasteiger partial charge in [-0.05, 0) is 13.8 Å². The molecule has 0 amide bonds. The third-order valence-electron chi connectivity index (χ3n) is 1.42. The van der Waals surface area contributed by atoms with Crippen LogP contribution in [0.1, 0.15) is 27.2 Å². The molecule has 86 valence electrons. The Kier molecular flexibility index (Phi) is 7.86. The van der Waals surface area contributed by atoms with Crippen LogP contribution in [0.2, 0.25) is 0 Å². The second-order valence-corrected chi connectivity index (χ2v) is 16.0. The van der Waals surface area contributed by atoms with Gasteiger partial charge in [0.05, 0.1) is 0 Å². The molecule has 14 heavy (non-hydrogen) atoms. The largest absolute Gasteiger partial charge is 0.726 e. The minimum absolute atomic E-state index is 0.583. The Balaban J connectivity index is 4.56. The monoisotopic (exact) mass is 291 g/mol. The van der Waals surface area contributed by atoms with E-state index < -0.39 is 8.76 Å². The van der Waals surface area contributed by atoms with Crippen molar-refractivity contribution >= 4 is 51.3 Å². The molecule has 0 rings (SSSR count). The molecule has 2 nitrogen and oxygen atoms in total. The molecular weight excluding hydrogens is 275 g/mol. The maximum Gasteiger partial charge on any atom is 0.221 e. The highest BCUT2D eigenvalue weighted by atomic mass is 33.5. The molecule has 0 N–H and O–H groups in total. The smallest absolute Gasteiger partial charge is 0.221 e. The van der Waals surface area contributed by atoms with Crippen molar-refractivity contribution in [2.45, 2.75) is 32.3 Å². The summed E-state index contributed by atoms with van der Waals surface area (Å²) in [4.78, 5) is 0. The molecule has 0 bridgehead atoms. The van der Waals surface area contributed by atoms with Crippen molar-refractivity contribution in [3.05, 3.63) is 0 Å². The Hall–Kier alpha value is 1.62. The summed E-state index contributed by atoms with van der Waals surface area (Å²) in [5, 5.41) is -0.692. The van der Waals surface area contributed by atoms with E-state index in [9.17, 15) is 0 Å². The summed E-state index contributed by atoms with van der Waals surface area (Å²) in [5.74, 6) is 0. The van der Waals surface area contributed by atoms with Crippen molar-refractivity contribution < 1.29 is 9.47 Å². The Labute approximate surface area is 106 Å². The first-order chi connectivity index (χ1) is 6.39. The fourth-order valence-corrected chi connectivity index (χ4v) is 6.72. The van der Waals surface area contributed by atoms with Crippen LogP contribution in [0, 0.1) is 0 Å². The van der Waals surface area contributed by atoms with E-state index in [1.807, 2.05) is 20.8 Å². The van der Waals surface area contributed by atoms with Gasteiger partial charge in [-0.2, -0.15) is 12.2 Å². The van der Waals surface area contributed by atoms with Gasteiger partial charge in [0, 0.05) is 19.6 Å². The van der Waals surface area contributed by atoms with Crippen LogP contribution in [0.5, 0.6) is 0 Å². The predicted molar refractivity (Wildman–Crippen MR) is 74.5 cm³/mol. The summed E-state index contributed by atoms with van der Waals surface area (Å²) < 4.78 is 9.08. The summed E-state index contributed by atoms with van der Waals surface area (Å²) >= 11 is 15.8. The highest BCUT2D eigenvalue weighted by molar-refractivity contribution is 9.14. The van der Waals surface area contributed by atoms with Crippen LogP contribution < -0.4 is 0 Å². The fourth-order valence-electron chi connectivity index (χ4n) is 0.979. The molecule has 0 saturated carbocycles. The standard InChI is InChI=1S/C7H17O2PS4/c1-4-7(8-5-2,9-6-3)14-10(11,12)13/h4-6H2,1-3H3,(H2,11,12,13)/p-1. The molecule has 0 aliphatic carbocycles. The molecule has 0 aliphatic heterocycles. The average Bonchev–Trinajstić information content (AvgIpc) is 2.02. The van der Waals surface area contributed by atoms with Crippen molar-refractivity contribution in [3.63, 3.8) is 0 Å². The van der Waals surface area contributed by atoms with Crippen LogP contribution in [0.4, 0.5) is 0 Å². The lowest BCUT2D eigenvalue weighted by molar-refractivity contribution is -0.165. The average molecular weight is 291 g/mol. The minimum Gasteiger partial charge on any atom is -0.726 e. The van der Waals surface area contributed by atoms with Crippen LogP contribution in [-0.2, 0) is 33.5 Å². The van der Waals surface area contributed by atoms with E-state index in [0.29, 0.717) is 13.2 Å². The van der Waals surface area contributed by atoms with Gasteiger partial charge in [0.25, 0.3) is 0 Å². The SMILES string of the molecule is CCOC(CC)(OCC)SP(=S)([S-])S. The van der Waals surface area contributed by atoms with Gasteiger partial charge in [0.1, 0.15) is 0 Å². The molecule has 0 saturated heterocycles. The van der Waals surface area contributed by atoms with E-state index in [0.717, 1.165) is 6.42 Å². The summed E-state index contributed by atoms with van der Waals surface area (Å²) in [7, 11) is 0. The van der Waals surface area contributed by atoms with E-state index in [1.54, 1.807) is 0 Å². The second kappa shape index (κ2) is 7.05. The van der Waals surface area contributed by atoms with Crippen LogP contribution >= 0.6 is 27.3 Å². The van der Waals surface area contributed by atoms with E-state index in [-0.39, 0.29) is 0 Å². The minimum atomic E-state index is -2.09. The lowest BCUT2D eigenvalue weighted by atomic mass is 10.4. The Bertz CT molecular complexity index is 200. The summed E-state index contributed by atoms with van der Waals surface area (Å²) in [6, 6.07) is 0. The van der Waals surface area contributed by atoms with E-state index in [1.165, 1.54) is 11.4 Å². The van der Waals surface area contributed by atoms with Crippen molar-refractivity contribution in [1.82, 2.24) is 0 Å². The Morgan fingerprint density at radius 1 is 1.36 bits per heavy atom. The molecule has 7 heteroatoms. The lowest BCUT2D eigenvalue weighted by Crippen LogP contribution is -2.31. The first kappa shape index (κ1) is 15.6. The Morgan fingerprint density at radius 3 is 2.00 bits per heavy atom. The maximum absolute atomic E-state index is 5.58. The predicted octanol–water partition coefficient (Wildman–Crippen LogP) is 3.56. The van der Waals surface area contributed by atoms with Gasteiger partial charge in [-0.1, -0.05) is 21.9 Å². The zero-order valence-corrected chi connectivity index (χ0v) is 12.8. The highest BCUT2D eigenvalue weighted by Gasteiger charge is 2.31. The molecule has 1 atom stereocenters. The van der Waals surface area contributed by atoms with Gasteiger partial charge in [0.2, 0.25) is 5.12 Å². The molecule has 0 aromatic heterocycles.